The van der Waals surface area contributed by atoms with E-state index in [9.17, 15) is 9.59 Å². The van der Waals surface area contributed by atoms with Gasteiger partial charge in [-0.2, -0.15) is 5.26 Å². The number of aryl methyl sites for hydroxylation is 1. The summed E-state index contributed by atoms with van der Waals surface area (Å²) in [4.78, 5) is 38.4. The maximum Gasteiger partial charge on any atom is 0.257 e. The molecule has 1 N–H and O–H groups in total. The van der Waals surface area contributed by atoms with Gasteiger partial charge < -0.3 is 10.1 Å². The lowest BCUT2D eigenvalue weighted by atomic mass is 9.92. The summed E-state index contributed by atoms with van der Waals surface area (Å²) in [6.07, 6.45) is 9.01. The summed E-state index contributed by atoms with van der Waals surface area (Å²) in [6.45, 7) is 0. The minimum Gasteiger partial charge on any atom is -0.472 e. The topological polar surface area (TPSA) is 123 Å². The zero-order valence-electron chi connectivity index (χ0n) is 17.6. The van der Waals surface area contributed by atoms with Crippen LogP contribution >= 0.6 is 11.8 Å². The Morgan fingerprint density at radius 2 is 2.06 bits per heavy atom. The quantitative estimate of drug-likeness (QED) is 0.683. The fourth-order valence-corrected chi connectivity index (χ4v) is 5.93. The van der Waals surface area contributed by atoms with Crippen molar-refractivity contribution >= 4 is 17.7 Å². The van der Waals surface area contributed by atoms with Gasteiger partial charge in [0.1, 0.15) is 12.2 Å². The molecule has 0 saturated heterocycles. The van der Waals surface area contributed by atoms with Crippen LogP contribution in [-0.2, 0) is 17.6 Å². The average Bonchev–Trinajstić information content (AvgIpc) is 3.43. The van der Waals surface area contributed by atoms with Crippen molar-refractivity contribution in [2.75, 3.05) is 5.75 Å². The summed E-state index contributed by atoms with van der Waals surface area (Å²) in [7, 11) is 0. The lowest BCUT2D eigenvalue weighted by Crippen LogP contribution is -2.41. The van der Waals surface area contributed by atoms with Gasteiger partial charge in [0.05, 0.1) is 11.7 Å². The second-order valence-electron chi connectivity index (χ2n) is 8.50. The highest BCUT2D eigenvalue weighted by Gasteiger charge is 2.32. The van der Waals surface area contributed by atoms with Gasteiger partial charge >= 0.3 is 0 Å². The zero-order valence-corrected chi connectivity index (χ0v) is 18.4. The number of nitriles is 1. The summed E-state index contributed by atoms with van der Waals surface area (Å²) in [5, 5.41) is 13.0. The fourth-order valence-electron chi connectivity index (χ4n) is 4.77. The first-order valence-electron chi connectivity index (χ1n) is 11.1. The first-order valence-corrected chi connectivity index (χ1v) is 12.0. The predicted octanol–water partition coefficient (Wildman–Crippen LogP) is 1.94. The maximum atomic E-state index is 12.9. The number of hydrogen-bond donors (Lipinski definition) is 1. The van der Waals surface area contributed by atoms with Gasteiger partial charge in [-0.05, 0) is 44.9 Å². The lowest BCUT2D eigenvalue weighted by molar-refractivity contribution is -0.122. The van der Waals surface area contributed by atoms with Crippen molar-refractivity contribution in [1.29, 1.82) is 5.26 Å². The maximum absolute atomic E-state index is 12.9. The second kappa shape index (κ2) is 8.90. The first kappa shape index (κ1) is 20.9. The van der Waals surface area contributed by atoms with Crippen LogP contribution in [0, 0.1) is 11.3 Å². The summed E-state index contributed by atoms with van der Waals surface area (Å²) in [5.74, 6) is 0.949. The molecule has 0 radical (unpaired) electrons. The first-order chi connectivity index (χ1) is 15.6. The molecule has 0 aromatic carbocycles. The molecule has 2 aromatic rings. The van der Waals surface area contributed by atoms with Gasteiger partial charge in [0.2, 0.25) is 11.6 Å². The molecule has 166 valence electrons. The van der Waals surface area contributed by atoms with Gasteiger partial charge in [-0.1, -0.05) is 11.8 Å². The molecule has 1 atom stereocenters. The molecule has 0 spiro atoms. The summed E-state index contributed by atoms with van der Waals surface area (Å²) in [6, 6.07) is 1.94. The molecule has 3 aliphatic rings. The van der Waals surface area contributed by atoms with E-state index in [2.05, 4.69) is 20.3 Å². The van der Waals surface area contributed by atoms with Crippen LogP contribution < -0.4 is 15.6 Å². The van der Waals surface area contributed by atoms with Crippen LogP contribution in [0.4, 0.5) is 0 Å². The smallest absolute Gasteiger partial charge is 0.257 e. The Kier molecular flexibility index (Phi) is 5.83. The molecule has 1 fully saturated rings. The molecule has 2 aromatic heterocycles. The monoisotopic (exact) mass is 452 g/mol. The molecule has 1 amide bonds. The highest BCUT2D eigenvalue weighted by atomic mass is 32.2. The van der Waals surface area contributed by atoms with E-state index in [-0.39, 0.29) is 41.2 Å². The van der Waals surface area contributed by atoms with E-state index in [0.717, 1.165) is 61.4 Å². The Hall–Kier alpha value is -2.93. The second-order valence-corrected chi connectivity index (χ2v) is 9.49. The van der Waals surface area contributed by atoms with Crippen LogP contribution in [0.15, 0.2) is 22.3 Å². The third kappa shape index (κ3) is 4.09. The Bertz CT molecular complexity index is 1140. The van der Waals surface area contributed by atoms with Crippen molar-refractivity contribution in [3.05, 3.63) is 39.7 Å². The zero-order chi connectivity index (χ0) is 22.1. The van der Waals surface area contributed by atoms with Crippen molar-refractivity contribution in [2.24, 2.45) is 0 Å². The van der Waals surface area contributed by atoms with Crippen molar-refractivity contribution in [2.45, 2.75) is 74.7 Å². The summed E-state index contributed by atoms with van der Waals surface area (Å²) < 4.78 is 7.61. The number of fused-ring (bicyclic) bond motifs is 2. The molecular formula is C22H24N6O3S. The summed E-state index contributed by atoms with van der Waals surface area (Å²) >= 11 is 1.57. The third-order valence-corrected chi connectivity index (χ3v) is 7.48. The third-order valence-electron chi connectivity index (χ3n) is 6.38. The number of amides is 1. The Morgan fingerprint density at radius 1 is 1.25 bits per heavy atom. The Balaban J connectivity index is 1.15. The molecule has 9 nitrogen and oxygen atoms in total. The number of carbonyl (C=O) groups excluding carboxylic acids is 1. The molecule has 0 bridgehead atoms. The molecule has 10 heteroatoms. The highest BCUT2D eigenvalue weighted by molar-refractivity contribution is 7.99. The number of rotatable bonds is 5. The molecule has 2 aliphatic carbocycles. The van der Waals surface area contributed by atoms with Crippen molar-refractivity contribution in [1.82, 2.24) is 24.8 Å². The van der Waals surface area contributed by atoms with E-state index in [1.807, 2.05) is 6.07 Å². The molecule has 32 heavy (non-hydrogen) atoms. The molecule has 1 aliphatic heterocycles. The number of nitrogens with zero attached hydrogens (tertiary/aromatic N) is 5. The molecule has 5 rings (SSSR count). The number of nitrogens with one attached hydrogen (secondary N) is 1. The standard InChI is InChI=1S/C22H24N6O3S/c23-11-18-20(25-9-8-24-18)31-15-6-4-13(5-7-15)26-19(29)10-14-12-32-22-27-17-3-1-2-16(17)21(30)28(14)22/h8-9,13-15H,1-7,10,12H2,(H,26,29). The van der Waals surface area contributed by atoms with Crippen molar-refractivity contribution < 1.29 is 9.53 Å². The predicted molar refractivity (Wildman–Crippen MR) is 116 cm³/mol. The van der Waals surface area contributed by atoms with E-state index < -0.39 is 0 Å². The van der Waals surface area contributed by atoms with Crippen molar-refractivity contribution in [3.63, 3.8) is 0 Å². The SMILES string of the molecule is N#Cc1nccnc1OC1CCC(NC(=O)CC2CSc3nc4c(c(=O)n32)CCC4)CC1. The molecule has 1 unspecified atom stereocenters. The Labute approximate surface area is 189 Å². The van der Waals surface area contributed by atoms with E-state index in [1.54, 1.807) is 16.3 Å². The van der Waals surface area contributed by atoms with E-state index in [0.29, 0.717) is 12.2 Å². The van der Waals surface area contributed by atoms with E-state index in [1.165, 1.54) is 12.4 Å². The van der Waals surface area contributed by atoms with Crippen LogP contribution in [0.2, 0.25) is 0 Å². The van der Waals surface area contributed by atoms with Crippen LogP contribution in [0.25, 0.3) is 0 Å². The normalized spacial score (nSPS) is 23.8. The van der Waals surface area contributed by atoms with E-state index in [4.69, 9.17) is 10.00 Å². The fraction of sp³-hybridized carbons (Fsp3) is 0.545. The van der Waals surface area contributed by atoms with E-state index >= 15 is 0 Å². The van der Waals surface area contributed by atoms with Gasteiger partial charge in [0.15, 0.2) is 5.16 Å². The van der Waals surface area contributed by atoms with Gasteiger partial charge in [0, 0.05) is 36.2 Å². The minimum atomic E-state index is -0.137. The van der Waals surface area contributed by atoms with Crippen LogP contribution in [-0.4, -0.2) is 43.3 Å². The molecule has 3 heterocycles. The van der Waals surface area contributed by atoms with Gasteiger partial charge in [0.25, 0.3) is 11.4 Å². The van der Waals surface area contributed by atoms with Crippen LogP contribution in [0.1, 0.15) is 61.5 Å². The van der Waals surface area contributed by atoms with Crippen LogP contribution in [0.3, 0.4) is 0 Å². The van der Waals surface area contributed by atoms with Gasteiger partial charge in [-0.3, -0.25) is 14.2 Å². The minimum absolute atomic E-state index is 0.0269. The number of thioether (sulfide) groups is 1. The van der Waals surface area contributed by atoms with Crippen LogP contribution in [0.5, 0.6) is 5.88 Å². The molecular weight excluding hydrogens is 428 g/mol. The highest BCUT2D eigenvalue weighted by Crippen LogP contribution is 2.34. The average molecular weight is 453 g/mol. The lowest BCUT2D eigenvalue weighted by Gasteiger charge is -2.29. The number of carbonyl (C=O) groups is 1. The molecule has 1 saturated carbocycles. The van der Waals surface area contributed by atoms with Gasteiger partial charge in [-0.15, -0.1) is 0 Å². The summed E-state index contributed by atoms with van der Waals surface area (Å²) in [5.41, 5.74) is 2.01. The van der Waals surface area contributed by atoms with Crippen molar-refractivity contribution in [3.8, 4) is 11.9 Å². The largest absolute Gasteiger partial charge is 0.472 e. The number of aromatic nitrogens is 4. The number of hydrogen-bond acceptors (Lipinski definition) is 8. The Morgan fingerprint density at radius 3 is 2.88 bits per heavy atom. The number of ether oxygens (including phenoxy) is 1. The van der Waals surface area contributed by atoms with Gasteiger partial charge in [-0.25, -0.2) is 15.0 Å².